The second-order valence-corrected chi connectivity index (χ2v) is 18.8. The van der Waals surface area contributed by atoms with Crippen LogP contribution in [0.2, 0.25) is 0 Å². The van der Waals surface area contributed by atoms with E-state index in [-0.39, 0.29) is 5.41 Å². The normalized spacial score (nSPS) is 12.9. The standard InChI is InChI=1S/C64H47N3/c1-40-36-59(67(57-28-16-14-23-48(57)42-18-7-5-8-19-42)45-31-32-50-49-24-13-15-27-54(49)64(3,4)55(50)38-45)61-52-26-12-11-25-51(52)60-41(2)37-58(53-34-33-47(40)62(61)63(53)60)66(44-21-9-6-10-22-44)46-30-29-43-20-17-35-65-56(43)39-46/h5-39H,1-4H3. The molecule has 3 nitrogen and oxygen atoms in total. The van der Waals surface area contributed by atoms with Crippen LogP contribution in [-0.2, 0) is 5.41 Å². The van der Waals surface area contributed by atoms with Gasteiger partial charge in [-0.2, -0.15) is 0 Å². The summed E-state index contributed by atoms with van der Waals surface area (Å²) in [5.74, 6) is 0. The van der Waals surface area contributed by atoms with Crippen molar-refractivity contribution in [3.63, 3.8) is 0 Å². The molecule has 3 heteroatoms. The van der Waals surface area contributed by atoms with Crippen LogP contribution in [0.4, 0.5) is 34.1 Å². The van der Waals surface area contributed by atoms with E-state index < -0.39 is 0 Å². The van der Waals surface area contributed by atoms with Crippen molar-refractivity contribution >= 4 is 88.1 Å². The van der Waals surface area contributed by atoms with Crippen LogP contribution in [0.3, 0.4) is 0 Å². The largest absolute Gasteiger partial charge is 0.310 e. The Morgan fingerprint density at radius 3 is 1.82 bits per heavy atom. The van der Waals surface area contributed by atoms with Gasteiger partial charge in [0.25, 0.3) is 0 Å². The molecule has 0 saturated carbocycles. The van der Waals surface area contributed by atoms with Gasteiger partial charge in [0.15, 0.2) is 0 Å². The summed E-state index contributed by atoms with van der Waals surface area (Å²) in [5, 5.41) is 11.2. The van der Waals surface area contributed by atoms with Crippen LogP contribution < -0.4 is 9.80 Å². The molecule has 11 aromatic carbocycles. The smallest absolute Gasteiger partial charge is 0.0722 e. The molecule has 0 amide bonds. The zero-order valence-electron chi connectivity index (χ0n) is 38.0. The van der Waals surface area contributed by atoms with Gasteiger partial charge in [0.1, 0.15) is 0 Å². The van der Waals surface area contributed by atoms with E-state index in [4.69, 9.17) is 4.98 Å². The third-order valence-corrected chi connectivity index (χ3v) is 14.6. The molecule has 0 N–H and O–H groups in total. The summed E-state index contributed by atoms with van der Waals surface area (Å²) in [4.78, 5) is 9.80. The van der Waals surface area contributed by atoms with Crippen LogP contribution >= 0.6 is 0 Å². The molecule has 1 aromatic heterocycles. The zero-order chi connectivity index (χ0) is 45.0. The Balaban J connectivity index is 1.15. The fraction of sp³-hybridized carbons (Fsp3) is 0.0781. The number of hydrogen-bond acceptors (Lipinski definition) is 3. The monoisotopic (exact) mass is 857 g/mol. The first kappa shape index (κ1) is 39.1. The van der Waals surface area contributed by atoms with E-state index in [0.717, 1.165) is 45.0 Å². The van der Waals surface area contributed by atoms with Gasteiger partial charge in [-0.15, -0.1) is 0 Å². The van der Waals surface area contributed by atoms with Crippen molar-refractivity contribution < 1.29 is 0 Å². The fourth-order valence-corrected chi connectivity index (χ4v) is 11.6. The Morgan fingerprint density at radius 1 is 0.373 bits per heavy atom. The van der Waals surface area contributed by atoms with Crippen molar-refractivity contribution in [2.75, 3.05) is 9.80 Å². The molecule has 0 bridgehead atoms. The van der Waals surface area contributed by atoms with Crippen molar-refractivity contribution in [3.05, 3.63) is 235 Å². The molecule has 0 unspecified atom stereocenters. The molecule has 0 atom stereocenters. The average Bonchev–Trinajstić information content (AvgIpc) is 3.60. The van der Waals surface area contributed by atoms with Crippen molar-refractivity contribution in [3.8, 4) is 22.3 Å². The van der Waals surface area contributed by atoms with E-state index >= 15 is 0 Å². The van der Waals surface area contributed by atoms with Crippen LogP contribution in [0.25, 0.3) is 76.2 Å². The van der Waals surface area contributed by atoms with E-state index in [9.17, 15) is 0 Å². The minimum Gasteiger partial charge on any atom is -0.310 e. The topological polar surface area (TPSA) is 19.4 Å². The van der Waals surface area contributed by atoms with Gasteiger partial charge in [-0.05, 0) is 135 Å². The number of aromatic nitrogens is 1. The van der Waals surface area contributed by atoms with E-state index in [1.54, 1.807) is 0 Å². The van der Waals surface area contributed by atoms with Crippen molar-refractivity contribution in [1.29, 1.82) is 0 Å². The summed E-state index contributed by atoms with van der Waals surface area (Å²) >= 11 is 0. The molecule has 1 heterocycles. The third-order valence-electron chi connectivity index (χ3n) is 14.6. The molecular weight excluding hydrogens is 811 g/mol. The first-order valence-corrected chi connectivity index (χ1v) is 23.4. The minimum atomic E-state index is -0.169. The number of para-hydroxylation sites is 2. The summed E-state index contributed by atoms with van der Waals surface area (Å²) in [6.45, 7) is 9.36. The van der Waals surface area contributed by atoms with E-state index in [0.29, 0.717) is 0 Å². The van der Waals surface area contributed by atoms with Crippen LogP contribution in [0.1, 0.15) is 36.1 Å². The second-order valence-electron chi connectivity index (χ2n) is 18.8. The number of hydrogen-bond donors (Lipinski definition) is 0. The van der Waals surface area contributed by atoms with Gasteiger partial charge in [0.05, 0.1) is 22.6 Å². The number of pyridine rings is 1. The summed E-state index contributed by atoms with van der Waals surface area (Å²) < 4.78 is 0. The molecule has 0 fully saturated rings. The highest BCUT2D eigenvalue weighted by atomic mass is 15.2. The summed E-state index contributed by atoms with van der Waals surface area (Å²) in [5.41, 5.74) is 17.7. The maximum atomic E-state index is 4.81. The molecule has 0 spiro atoms. The lowest BCUT2D eigenvalue weighted by Crippen LogP contribution is -2.17. The molecule has 1 aliphatic rings. The number of anilines is 6. The molecule has 0 aliphatic heterocycles. The molecule has 12 aromatic rings. The Labute approximate surface area is 391 Å². The van der Waals surface area contributed by atoms with E-state index in [1.165, 1.54) is 87.6 Å². The summed E-state index contributed by atoms with van der Waals surface area (Å²) in [6.07, 6.45) is 1.88. The maximum Gasteiger partial charge on any atom is 0.0722 e. The number of rotatable bonds is 7. The van der Waals surface area contributed by atoms with Gasteiger partial charge < -0.3 is 9.80 Å². The van der Waals surface area contributed by atoms with Gasteiger partial charge in [-0.3, -0.25) is 4.98 Å². The van der Waals surface area contributed by atoms with Gasteiger partial charge in [0.2, 0.25) is 0 Å². The first-order chi connectivity index (χ1) is 32.8. The Kier molecular flexibility index (Phi) is 8.69. The molecule has 0 radical (unpaired) electrons. The van der Waals surface area contributed by atoms with Crippen molar-refractivity contribution in [1.82, 2.24) is 4.98 Å². The Hall–Kier alpha value is -8.27. The highest BCUT2D eigenvalue weighted by Gasteiger charge is 2.36. The molecule has 318 valence electrons. The zero-order valence-corrected chi connectivity index (χ0v) is 38.0. The Morgan fingerprint density at radius 2 is 1.00 bits per heavy atom. The lowest BCUT2D eigenvalue weighted by atomic mass is 9.82. The third kappa shape index (κ3) is 5.87. The number of benzene rings is 11. The van der Waals surface area contributed by atoms with E-state index in [2.05, 4.69) is 238 Å². The van der Waals surface area contributed by atoms with Gasteiger partial charge in [-0.25, -0.2) is 0 Å². The molecule has 0 saturated heterocycles. The number of aryl methyl sites for hydroxylation is 2. The van der Waals surface area contributed by atoms with Gasteiger partial charge >= 0.3 is 0 Å². The first-order valence-electron chi connectivity index (χ1n) is 23.4. The summed E-state index contributed by atoms with van der Waals surface area (Å²) in [7, 11) is 0. The van der Waals surface area contributed by atoms with Crippen molar-refractivity contribution in [2.24, 2.45) is 0 Å². The predicted molar refractivity (Wildman–Crippen MR) is 285 cm³/mol. The van der Waals surface area contributed by atoms with Crippen molar-refractivity contribution in [2.45, 2.75) is 33.1 Å². The maximum absolute atomic E-state index is 4.81. The highest BCUT2D eigenvalue weighted by molar-refractivity contribution is 6.38. The Bertz CT molecular complexity index is 3930. The molecule has 1 aliphatic carbocycles. The average molecular weight is 858 g/mol. The van der Waals surface area contributed by atoms with Gasteiger partial charge in [-0.1, -0.05) is 159 Å². The van der Waals surface area contributed by atoms with Crippen LogP contribution in [0, 0.1) is 13.8 Å². The SMILES string of the molecule is Cc1cc(N(c2ccc3c(c2)C(C)(C)c2ccccc2-3)c2ccccc2-c2ccccc2)c2c3ccccc3c3c(C)cc(N(c4ccccc4)c4ccc5cccnc5c4)c4ccc1c2c43. The number of nitrogens with zero attached hydrogens (tertiary/aromatic N) is 3. The second kappa shape index (κ2) is 14.9. The van der Waals surface area contributed by atoms with E-state index in [1.807, 2.05) is 12.3 Å². The van der Waals surface area contributed by atoms with Crippen LogP contribution in [0.5, 0.6) is 0 Å². The summed E-state index contributed by atoms with van der Waals surface area (Å²) in [6, 6.07) is 76.3. The lowest BCUT2D eigenvalue weighted by Gasteiger charge is -2.33. The fourth-order valence-electron chi connectivity index (χ4n) is 11.6. The molecule has 13 rings (SSSR count). The quantitative estimate of drug-likeness (QED) is 0.118. The number of fused-ring (bicyclic) bond motifs is 7. The lowest BCUT2D eigenvalue weighted by molar-refractivity contribution is 0.660. The van der Waals surface area contributed by atoms with Crippen LogP contribution in [-0.4, -0.2) is 4.98 Å². The van der Waals surface area contributed by atoms with Gasteiger partial charge in [0, 0.05) is 61.2 Å². The molecule has 67 heavy (non-hydrogen) atoms. The minimum absolute atomic E-state index is 0.169. The van der Waals surface area contributed by atoms with Crippen LogP contribution in [0.15, 0.2) is 212 Å². The highest BCUT2D eigenvalue weighted by Crippen LogP contribution is 2.55. The predicted octanol–water partition coefficient (Wildman–Crippen LogP) is 17.8. The molecular formula is C64H47N3.